The second-order valence-electron chi connectivity index (χ2n) is 9.20. The van der Waals surface area contributed by atoms with E-state index in [4.69, 9.17) is 9.40 Å². The van der Waals surface area contributed by atoms with Gasteiger partial charge in [-0.2, -0.15) is 0 Å². The first-order valence-corrected chi connectivity index (χ1v) is 11.6. The molecule has 6 rings (SSSR count). The highest BCUT2D eigenvalue weighted by Gasteiger charge is 2.20. The molecule has 0 aliphatic carbocycles. The smallest absolute Gasteiger partial charge is 0.153 e. The molecule has 0 aliphatic heterocycles. The maximum atomic E-state index is 6.23. The van der Waals surface area contributed by atoms with E-state index < -0.39 is 0 Å². The van der Waals surface area contributed by atoms with Crippen LogP contribution in [-0.4, -0.2) is 9.97 Å². The van der Waals surface area contributed by atoms with E-state index in [1.165, 1.54) is 26.4 Å². The summed E-state index contributed by atoms with van der Waals surface area (Å²) < 4.78 is 7.41. The second-order valence-corrected chi connectivity index (χ2v) is 10.2. The Morgan fingerprint density at radius 2 is 1.72 bits per heavy atom. The third-order valence-electron chi connectivity index (χ3n) is 5.98. The van der Waals surface area contributed by atoms with E-state index in [2.05, 4.69) is 85.7 Å². The van der Waals surface area contributed by atoms with Crippen molar-refractivity contribution in [3.63, 3.8) is 0 Å². The summed E-state index contributed by atoms with van der Waals surface area (Å²) in [5.41, 5.74) is 5.04. The van der Waals surface area contributed by atoms with Crippen molar-refractivity contribution in [2.24, 2.45) is 0 Å². The molecule has 0 saturated carbocycles. The highest BCUT2D eigenvalue weighted by molar-refractivity contribution is 7.17. The highest BCUT2D eigenvalue weighted by atomic mass is 32.1. The minimum atomic E-state index is 0.0188. The summed E-state index contributed by atoms with van der Waals surface area (Å²) in [6.45, 7) is 6.78. The van der Waals surface area contributed by atoms with Gasteiger partial charge in [-0.05, 0) is 68.9 Å². The SMILES string of the molecule is CC(C)(C)c1cc(-c2nccc3oc(-c4cc5ccsc5cn4)cc23)cc2ccccc12. The standard InChI is InChI=1S/C28H22N2OS/c1-28(2,3)22-13-19(12-17-6-4-5-7-20(17)22)27-21-15-25(31-24(21)8-10-29-27)23-14-18-9-11-32-26(18)16-30-23/h4-16H,1-3H3. The normalized spacial score (nSPS) is 12.2. The van der Waals surface area contributed by atoms with Crippen LogP contribution in [0.1, 0.15) is 26.3 Å². The van der Waals surface area contributed by atoms with Crippen molar-refractivity contribution in [1.29, 1.82) is 0 Å². The molecule has 0 atom stereocenters. The zero-order chi connectivity index (χ0) is 21.9. The fourth-order valence-corrected chi connectivity index (χ4v) is 5.13. The lowest BCUT2D eigenvalue weighted by molar-refractivity contribution is 0.596. The Labute approximate surface area is 190 Å². The Morgan fingerprint density at radius 3 is 2.59 bits per heavy atom. The fourth-order valence-electron chi connectivity index (χ4n) is 4.39. The first-order chi connectivity index (χ1) is 15.5. The number of thiophene rings is 1. The highest BCUT2D eigenvalue weighted by Crippen LogP contribution is 2.38. The summed E-state index contributed by atoms with van der Waals surface area (Å²) in [6.07, 6.45) is 3.74. The topological polar surface area (TPSA) is 38.9 Å². The molecule has 0 bridgehead atoms. The number of benzene rings is 2. The van der Waals surface area contributed by atoms with Crippen LogP contribution in [0.15, 0.2) is 82.9 Å². The zero-order valence-corrected chi connectivity index (χ0v) is 19.0. The third kappa shape index (κ3) is 3.10. The van der Waals surface area contributed by atoms with Crippen LogP contribution in [0.5, 0.6) is 0 Å². The molecule has 2 aromatic carbocycles. The Hall–Kier alpha value is -3.50. The van der Waals surface area contributed by atoms with E-state index in [-0.39, 0.29) is 5.41 Å². The van der Waals surface area contributed by atoms with Crippen molar-refractivity contribution in [1.82, 2.24) is 9.97 Å². The number of nitrogens with zero attached hydrogens (tertiary/aromatic N) is 2. The third-order valence-corrected chi connectivity index (χ3v) is 6.85. The Balaban J connectivity index is 1.56. The largest absolute Gasteiger partial charge is 0.454 e. The lowest BCUT2D eigenvalue weighted by atomic mass is 9.82. The van der Waals surface area contributed by atoms with E-state index in [1.54, 1.807) is 11.3 Å². The van der Waals surface area contributed by atoms with Gasteiger partial charge >= 0.3 is 0 Å². The molecule has 0 N–H and O–H groups in total. The lowest BCUT2D eigenvalue weighted by Crippen LogP contribution is -2.12. The molecule has 0 unspecified atom stereocenters. The molecular formula is C28H22N2OS. The molecule has 0 radical (unpaired) electrons. The van der Waals surface area contributed by atoms with Crippen LogP contribution in [0.25, 0.3) is 54.5 Å². The Bertz CT molecular complexity index is 1620. The summed E-state index contributed by atoms with van der Waals surface area (Å²) in [6, 6.07) is 21.3. The van der Waals surface area contributed by atoms with Gasteiger partial charge in [-0.15, -0.1) is 11.3 Å². The molecule has 0 fully saturated rings. The molecule has 4 heterocycles. The average molecular weight is 435 g/mol. The van der Waals surface area contributed by atoms with Gasteiger partial charge in [-0.3, -0.25) is 9.97 Å². The van der Waals surface area contributed by atoms with Crippen LogP contribution in [-0.2, 0) is 5.41 Å². The molecule has 6 aromatic rings. The van der Waals surface area contributed by atoms with E-state index in [9.17, 15) is 0 Å². The van der Waals surface area contributed by atoms with Gasteiger partial charge < -0.3 is 4.42 Å². The number of fused-ring (bicyclic) bond motifs is 3. The number of hydrogen-bond acceptors (Lipinski definition) is 4. The fraction of sp³-hybridized carbons (Fsp3) is 0.143. The molecule has 0 amide bonds. The van der Waals surface area contributed by atoms with Gasteiger partial charge in [0.05, 0.1) is 10.4 Å². The minimum Gasteiger partial charge on any atom is -0.454 e. The van der Waals surface area contributed by atoms with Crippen molar-refractivity contribution < 1.29 is 4.42 Å². The number of hydrogen-bond donors (Lipinski definition) is 0. The minimum absolute atomic E-state index is 0.0188. The lowest BCUT2D eigenvalue weighted by Gasteiger charge is -2.22. The molecule has 4 heteroatoms. The molecule has 156 valence electrons. The Morgan fingerprint density at radius 1 is 0.844 bits per heavy atom. The number of furan rings is 1. The zero-order valence-electron chi connectivity index (χ0n) is 18.2. The molecule has 32 heavy (non-hydrogen) atoms. The quantitative estimate of drug-likeness (QED) is 0.275. The van der Waals surface area contributed by atoms with Gasteiger partial charge in [0.1, 0.15) is 11.3 Å². The number of aromatic nitrogens is 2. The van der Waals surface area contributed by atoms with Crippen LogP contribution in [0, 0.1) is 0 Å². The van der Waals surface area contributed by atoms with Gasteiger partial charge in [0.15, 0.2) is 5.76 Å². The summed E-state index contributed by atoms with van der Waals surface area (Å²) >= 11 is 1.70. The average Bonchev–Trinajstić information content (AvgIpc) is 3.43. The van der Waals surface area contributed by atoms with E-state index >= 15 is 0 Å². The summed E-state index contributed by atoms with van der Waals surface area (Å²) in [5, 5.41) is 6.79. The van der Waals surface area contributed by atoms with Gasteiger partial charge in [0.2, 0.25) is 0 Å². The maximum Gasteiger partial charge on any atom is 0.153 e. The molecule has 0 aliphatic rings. The van der Waals surface area contributed by atoms with Gasteiger partial charge in [0, 0.05) is 23.3 Å². The van der Waals surface area contributed by atoms with Crippen molar-refractivity contribution in [2.45, 2.75) is 26.2 Å². The molecule has 3 nitrogen and oxygen atoms in total. The van der Waals surface area contributed by atoms with Crippen molar-refractivity contribution in [3.05, 3.63) is 84.0 Å². The van der Waals surface area contributed by atoms with Crippen molar-refractivity contribution >= 4 is 43.2 Å². The monoisotopic (exact) mass is 434 g/mol. The predicted molar refractivity (Wildman–Crippen MR) is 134 cm³/mol. The van der Waals surface area contributed by atoms with E-state index in [1.807, 2.05) is 18.5 Å². The second kappa shape index (κ2) is 7.01. The van der Waals surface area contributed by atoms with Crippen LogP contribution in [0.2, 0.25) is 0 Å². The van der Waals surface area contributed by atoms with Crippen molar-refractivity contribution in [3.8, 4) is 22.7 Å². The van der Waals surface area contributed by atoms with E-state index in [0.717, 1.165) is 33.7 Å². The van der Waals surface area contributed by atoms with Gasteiger partial charge in [0.25, 0.3) is 0 Å². The van der Waals surface area contributed by atoms with Crippen LogP contribution in [0.3, 0.4) is 0 Å². The molecule has 0 spiro atoms. The number of rotatable bonds is 2. The van der Waals surface area contributed by atoms with Crippen molar-refractivity contribution in [2.75, 3.05) is 0 Å². The maximum absolute atomic E-state index is 6.23. The van der Waals surface area contributed by atoms with Gasteiger partial charge in [-0.1, -0.05) is 45.0 Å². The van der Waals surface area contributed by atoms with Gasteiger partial charge in [-0.25, -0.2) is 0 Å². The van der Waals surface area contributed by atoms with Crippen LogP contribution >= 0.6 is 11.3 Å². The molecular weight excluding hydrogens is 412 g/mol. The van der Waals surface area contributed by atoms with Crippen LogP contribution < -0.4 is 0 Å². The van der Waals surface area contributed by atoms with Crippen LogP contribution in [0.4, 0.5) is 0 Å². The first kappa shape index (κ1) is 19.2. The first-order valence-electron chi connectivity index (χ1n) is 10.7. The summed E-state index contributed by atoms with van der Waals surface area (Å²) in [7, 11) is 0. The Kier molecular flexibility index (Phi) is 4.21. The number of pyridine rings is 2. The predicted octanol–water partition coefficient (Wildman–Crippen LogP) is 8.22. The molecule has 4 aromatic heterocycles. The molecule has 0 saturated heterocycles. The van der Waals surface area contributed by atoms with E-state index in [0.29, 0.717) is 0 Å². The summed E-state index contributed by atoms with van der Waals surface area (Å²) in [4.78, 5) is 9.41. The summed E-state index contributed by atoms with van der Waals surface area (Å²) in [5.74, 6) is 0.763.